The van der Waals surface area contributed by atoms with Crippen molar-refractivity contribution in [3.05, 3.63) is 58.1 Å². The second-order valence-electron chi connectivity index (χ2n) is 8.45. The standard InChI is InChI=1S/C26H29ClN2O7/c1-3-36-20-7-4-16(14-21(20)34-2)23-22(24(31)18-15-17(27)5-6-19(18)30)25(32)26(33)29(23)9-8-28-10-12-35-13-11-28/h4-7,14-15,23,30-31H,3,8-13H2,1-2H3/t23-/m1/s1. The Morgan fingerprint density at radius 1 is 1.11 bits per heavy atom. The zero-order valence-corrected chi connectivity index (χ0v) is 21.0. The number of carbonyl (C=O) groups is 2. The van der Waals surface area contributed by atoms with Gasteiger partial charge in [0, 0.05) is 31.2 Å². The van der Waals surface area contributed by atoms with E-state index in [1.807, 2.05) is 6.92 Å². The topological polar surface area (TPSA) is 109 Å². The lowest BCUT2D eigenvalue weighted by Crippen LogP contribution is -2.42. The van der Waals surface area contributed by atoms with Gasteiger partial charge in [-0.2, -0.15) is 0 Å². The Hall–Kier alpha value is -3.27. The van der Waals surface area contributed by atoms with Crippen molar-refractivity contribution in [3.8, 4) is 17.2 Å². The number of carbonyl (C=O) groups excluding carboxylic acids is 2. The lowest BCUT2D eigenvalue weighted by molar-refractivity contribution is -0.140. The minimum Gasteiger partial charge on any atom is -0.507 e. The molecule has 2 aliphatic heterocycles. The predicted octanol–water partition coefficient (Wildman–Crippen LogP) is 3.21. The maximum atomic E-state index is 13.3. The molecule has 0 saturated carbocycles. The number of halogens is 1. The van der Waals surface area contributed by atoms with Gasteiger partial charge in [0.25, 0.3) is 11.7 Å². The number of methoxy groups -OCH3 is 1. The number of phenolic OH excluding ortho intramolecular Hbond substituents is 1. The molecule has 192 valence electrons. The summed E-state index contributed by atoms with van der Waals surface area (Å²) in [5.41, 5.74) is 0.391. The molecule has 1 amide bonds. The Kier molecular flexibility index (Phi) is 8.03. The third-order valence-corrected chi connectivity index (χ3v) is 6.55. The third-order valence-electron chi connectivity index (χ3n) is 6.32. The number of hydrogen-bond donors (Lipinski definition) is 2. The van der Waals surface area contributed by atoms with Crippen molar-refractivity contribution in [2.75, 3.05) is 53.1 Å². The number of benzene rings is 2. The summed E-state index contributed by atoms with van der Waals surface area (Å²) in [7, 11) is 1.50. The SMILES string of the molecule is CCOc1ccc([C@@H]2C(=C(O)c3cc(Cl)ccc3O)C(=O)C(=O)N2CCN2CCOCC2)cc1OC. The Labute approximate surface area is 214 Å². The molecular formula is C26H29ClN2O7. The number of nitrogens with zero attached hydrogens (tertiary/aromatic N) is 2. The minimum atomic E-state index is -0.908. The monoisotopic (exact) mass is 516 g/mol. The lowest BCUT2D eigenvalue weighted by atomic mass is 9.94. The first kappa shape index (κ1) is 25.8. The third kappa shape index (κ3) is 5.13. The molecule has 0 bridgehead atoms. The summed E-state index contributed by atoms with van der Waals surface area (Å²) in [5.74, 6) is -1.39. The molecule has 2 saturated heterocycles. The van der Waals surface area contributed by atoms with Crippen molar-refractivity contribution in [2.24, 2.45) is 0 Å². The van der Waals surface area contributed by atoms with E-state index in [9.17, 15) is 19.8 Å². The molecule has 9 nitrogen and oxygen atoms in total. The van der Waals surface area contributed by atoms with Crippen LogP contribution in [0.2, 0.25) is 5.02 Å². The highest BCUT2D eigenvalue weighted by Crippen LogP contribution is 2.43. The van der Waals surface area contributed by atoms with E-state index in [-0.39, 0.29) is 28.5 Å². The second kappa shape index (κ2) is 11.2. The smallest absolute Gasteiger partial charge is 0.295 e. The molecule has 2 aromatic carbocycles. The average molecular weight is 517 g/mol. The van der Waals surface area contributed by atoms with Crippen molar-refractivity contribution >= 4 is 29.1 Å². The molecule has 2 aliphatic rings. The highest BCUT2D eigenvalue weighted by atomic mass is 35.5. The Balaban J connectivity index is 1.81. The maximum Gasteiger partial charge on any atom is 0.295 e. The molecule has 4 rings (SSSR count). The van der Waals surface area contributed by atoms with Crippen LogP contribution in [-0.2, 0) is 14.3 Å². The van der Waals surface area contributed by atoms with Crippen molar-refractivity contribution in [3.63, 3.8) is 0 Å². The number of aliphatic hydroxyl groups excluding tert-OH is 1. The number of ether oxygens (including phenoxy) is 3. The summed E-state index contributed by atoms with van der Waals surface area (Å²) in [4.78, 5) is 30.1. The summed E-state index contributed by atoms with van der Waals surface area (Å²) in [6.07, 6.45) is 0. The van der Waals surface area contributed by atoms with Crippen LogP contribution in [-0.4, -0.2) is 84.8 Å². The fourth-order valence-corrected chi connectivity index (χ4v) is 4.68. The van der Waals surface area contributed by atoms with Crippen molar-refractivity contribution in [1.29, 1.82) is 0 Å². The highest BCUT2D eigenvalue weighted by molar-refractivity contribution is 6.46. The van der Waals surface area contributed by atoms with Gasteiger partial charge in [0.1, 0.15) is 11.5 Å². The zero-order chi connectivity index (χ0) is 25.8. The Morgan fingerprint density at radius 2 is 1.86 bits per heavy atom. The van der Waals surface area contributed by atoms with Gasteiger partial charge in [-0.1, -0.05) is 17.7 Å². The van der Waals surface area contributed by atoms with E-state index in [0.717, 1.165) is 13.1 Å². The lowest BCUT2D eigenvalue weighted by Gasteiger charge is -2.31. The fourth-order valence-electron chi connectivity index (χ4n) is 4.50. The molecule has 0 aliphatic carbocycles. The van der Waals surface area contributed by atoms with E-state index in [0.29, 0.717) is 43.4 Å². The molecule has 10 heteroatoms. The fraction of sp³-hybridized carbons (Fsp3) is 0.385. The number of aliphatic hydroxyl groups is 1. The highest BCUT2D eigenvalue weighted by Gasteiger charge is 2.46. The first-order valence-corrected chi connectivity index (χ1v) is 12.1. The van der Waals surface area contributed by atoms with Crippen LogP contribution >= 0.6 is 11.6 Å². The molecule has 0 spiro atoms. The quantitative estimate of drug-likeness (QED) is 0.313. The number of ketones is 1. The Bertz CT molecular complexity index is 1180. The van der Waals surface area contributed by atoms with Gasteiger partial charge in [-0.25, -0.2) is 0 Å². The molecule has 1 atom stereocenters. The van der Waals surface area contributed by atoms with E-state index < -0.39 is 23.5 Å². The molecular weight excluding hydrogens is 488 g/mol. The normalized spacial score (nSPS) is 20.1. The molecule has 0 unspecified atom stereocenters. The number of morpholine rings is 1. The summed E-state index contributed by atoms with van der Waals surface area (Å²) in [6, 6.07) is 8.35. The maximum absolute atomic E-state index is 13.3. The van der Waals surface area contributed by atoms with Crippen LogP contribution in [0.1, 0.15) is 24.1 Å². The summed E-state index contributed by atoms with van der Waals surface area (Å²) >= 11 is 6.08. The molecule has 2 N–H and O–H groups in total. The number of phenols is 1. The van der Waals surface area contributed by atoms with Crippen LogP contribution in [0.3, 0.4) is 0 Å². The van der Waals surface area contributed by atoms with Gasteiger partial charge >= 0.3 is 0 Å². The average Bonchev–Trinajstić information content (AvgIpc) is 3.14. The van der Waals surface area contributed by atoms with E-state index in [4.69, 9.17) is 25.8 Å². The first-order valence-electron chi connectivity index (χ1n) is 11.7. The van der Waals surface area contributed by atoms with Crippen molar-refractivity contribution in [1.82, 2.24) is 9.80 Å². The second-order valence-corrected chi connectivity index (χ2v) is 8.89. The summed E-state index contributed by atoms with van der Waals surface area (Å²) < 4.78 is 16.5. The van der Waals surface area contributed by atoms with Gasteiger partial charge in [-0.05, 0) is 42.8 Å². The van der Waals surface area contributed by atoms with Crippen LogP contribution in [0.4, 0.5) is 0 Å². The number of Topliss-reactive ketones (excluding diaryl/α,β-unsaturated/α-hetero) is 1. The number of amides is 1. The van der Waals surface area contributed by atoms with Gasteiger partial charge in [-0.15, -0.1) is 0 Å². The largest absolute Gasteiger partial charge is 0.507 e. The first-order chi connectivity index (χ1) is 17.3. The predicted molar refractivity (Wildman–Crippen MR) is 134 cm³/mol. The molecule has 0 aromatic heterocycles. The van der Waals surface area contributed by atoms with Crippen LogP contribution < -0.4 is 9.47 Å². The van der Waals surface area contributed by atoms with Crippen LogP contribution in [0.25, 0.3) is 5.76 Å². The van der Waals surface area contributed by atoms with Crippen molar-refractivity contribution < 1.29 is 34.0 Å². The van der Waals surface area contributed by atoms with E-state index in [1.165, 1.54) is 30.2 Å². The number of likely N-dealkylation sites (tertiary alicyclic amines) is 1. The Morgan fingerprint density at radius 3 is 2.56 bits per heavy atom. The number of hydrogen-bond acceptors (Lipinski definition) is 8. The van der Waals surface area contributed by atoms with Crippen LogP contribution in [0, 0.1) is 0 Å². The summed E-state index contributed by atoms with van der Waals surface area (Å²) in [6.45, 7) is 5.72. The number of aromatic hydroxyl groups is 1. The van der Waals surface area contributed by atoms with Gasteiger partial charge in [0.05, 0.1) is 44.1 Å². The zero-order valence-electron chi connectivity index (χ0n) is 20.2. The molecule has 0 radical (unpaired) electrons. The minimum absolute atomic E-state index is 0.0309. The van der Waals surface area contributed by atoms with E-state index in [1.54, 1.807) is 18.2 Å². The van der Waals surface area contributed by atoms with E-state index >= 15 is 0 Å². The molecule has 2 heterocycles. The van der Waals surface area contributed by atoms with Crippen LogP contribution in [0.15, 0.2) is 42.0 Å². The van der Waals surface area contributed by atoms with Crippen LogP contribution in [0.5, 0.6) is 17.2 Å². The van der Waals surface area contributed by atoms with Gasteiger partial charge in [0.2, 0.25) is 0 Å². The molecule has 36 heavy (non-hydrogen) atoms. The molecule has 2 aromatic rings. The number of rotatable bonds is 8. The van der Waals surface area contributed by atoms with Crippen molar-refractivity contribution in [2.45, 2.75) is 13.0 Å². The van der Waals surface area contributed by atoms with Gasteiger partial charge < -0.3 is 29.3 Å². The van der Waals surface area contributed by atoms with Gasteiger partial charge in [-0.3, -0.25) is 14.5 Å². The molecule has 2 fully saturated rings. The van der Waals surface area contributed by atoms with E-state index in [2.05, 4.69) is 4.90 Å². The van der Waals surface area contributed by atoms with Gasteiger partial charge in [0.15, 0.2) is 11.5 Å². The summed E-state index contributed by atoms with van der Waals surface area (Å²) in [5, 5.41) is 21.9.